The largest absolute Gasteiger partial charge is 0.405 e. The number of halogens is 5. The van der Waals surface area contributed by atoms with E-state index in [9.17, 15) is 18.0 Å². The van der Waals surface area contributed by atoms with Crippen LogP contribution < -0.4 is 16.4 Å². The van der Waals surface area contributed by atoms with E-state index in [1.54, 1.807) is 18.2 Å². The first-order chi connectivity index (χ1) is 11.3. The number of nitrogens with one attached hydrogen (secondary N) is 2. The molecule has 1 aliphatic rings. The van der Waals surface area contributed by atoms with Gasteiger partial charge in [0.05, 0.1) is 11.4 Å². The molecule has 4 N–H and O–H groups in total. The Morgan fingerprint density at radius 3 is 2.19 bits per heavy atom. The van der Waals surface area contributed by atoms with E-state index >= 15 is 0 Å². The Hall–Kier alpha value is -1.18. The lowest BCUT2D eigenvalue weighted by Crippen LogP contribution is -2.36. The van der Waals surface area contributed by atoms with E-state index in [1.807, 2.05) is 0 Å². The lowest BCUT2D eigenvalue weighted by Gasteiger charge is -2.35. The van der Waals surface area contributed by atoms with E-state index in [2.05, 4.69) is 10.6 Å². The average molecular weight is 416 g/mol. The predicted octanol–water partition coefficient (Wildman–Crippen LogP) is 4.74. The maximum atomic E-state index is 12.4. The summed E-state index contributed by atoms with van der Waals surface area (Å²) in [5.41, 5.74) is 6.32. The first-order valence-corrected chi connectivity index (χ1v) is 8.23. The summed E-state index contributed by atoms with van der Waals surface area (Å²) in [6, 6.07) is 6.40. The molecule has 1 aromatic carbocycles. The summed E-state index contributed by atoms with van der Waals surface area (Å²) in [5, 5.41) is 5.05. The van der Waals surface area contributed by atoms with Crippen molar-refractivity contribution >= 4 is 42.1 Å². The van der Waals surface area contributed by atoms with Crippen LogP contribution in [0, 0.1) is 5.41 Å². The third-order valence-corrected chi connectivity index (χ3v) is 4.56. The van der Waals surface area contributed by atoms with Gasteiger partial charge >= 0.3 is 6.18 Å². The highest BCUT2D eigenvalue weighted by atomic mass is 35.5. The monoisotopic (exact) mass is 415 g/mol. The molecule has 0 unspecified atom stereocenters. The Bertz CT molecular complexity index is 564. The predicted molar refractivity (Wildman–Crippen MR) is 103 cm³/mol. The summed E-state index contributed by atoms with van der Waals surface area (Å²) in [4.78, 5) is 12.4. The summed E-state index contributed by atoms with van der Waals surface area (Å²) < 4.78 is 37.1. The van der Waals surface area contributed by atoms with Crippen LogP contribution in [0.3, 0.4) is 0 Å². The lowest BCUT2D eigenvalue weighted by molar-refractivity contribution is -0.119. The van der Waals surface area contributed by atoms with Crippen LogP contribution in [0.2, 0.25) is 0 Å². The van der Waals surface area contributed by atoms with E-state index in [-0.39, 0.29) is 41.8 Å². The second-order valence-electron chi connectivity index (χ2n) is 6.50. The molecule has 1 amide bonds. The van der Waals surface area contributed by atoms with Crippen molar-refractivity contribution in [3.63, 3.8) is 0 Å². The number of carbonyl (C=O) groups is 1. The minimum absolute atomic E-state index is 0. The highest BCUT2D eigenvalue weighted by Gasteiger charge is 2.33. The number of para-hydroxylation sites is 2. The molecule has 26 heavy (non-hydrogen) atoms. The van der Waals surface area contributed by atoms with Gasteiger partial charge in [0.25, 0.3) is 0 Å². The van der Waals surface area contributed by atoms with E-state index < -0.39 is 12.7 Å². The molecule has 1 saturated carbocycles. The van der Waals surface area contributed by atoms with Gasteiger partial charge in [-0.3, -0.25) is 4.79 Å². The van der Waals surface area contributed by atoms with Gasteiger partial charge < -0.3 is 16.4 Å². The summed E-state index contributed by atoms with van der Waals surface area (Å²) in [6.07, 6.45) is 1.12. The zero-order chi connectivity index (χ0) is 17.6. The van der Waals surface area contributed by atoms with Gasteiger partial charge in [0.1, 0.15) is 6.54 Å². The van der Waals surface area contributed by atoms with E-state index in [0.717, 1.165) is 32.1 Å². The second kappa shape index (κ2) is 10.8. The van der Waals surface area contributed by atoms with Crippen molar-refractivity contribution in [3.05, 3.63) is 24.3 Å². The molecule has 0 bridgehead atoms. The highest BCUT2D eigenvalue weighted by Crippen LogP contribution is 2.38. The van der Waals surface area contributed by atoms with E-state index in [0.29, 0.717) is 18.7 Å². The van der Waals surface area contributed by atoms with Crippen LogP contribution >= 0.6 is 24.8 Å². The summed E-state index contributed by atoms with van der Waals surface area (Å²) in [7, 11) is 0. The van der Waals surface area contributed by atoms with Crippen molar-refractivity contribution in [1.29, 1.82) is 0 Å². The van der Waals surface area contributed by atoms with Crippen molar-refractivity contribution in [1.82, 2.24) is 0 Å². The molecule has 0 aliphatic heterocycles. The zero-order valence-electron chi connectivity index (χ0n) is 14.4. The van der Waals surface area contributed by atoms with E-state index in [4.69, 9.17) is 5.73 Å². The topological polar surface area (TPSA) is 67.2 Å². The van der Waals surface area contributed by atoms with Gasteiger partial charge in [0, 0.05) is 6.42 Å². The minimum atomic E-state index is -4.32. The molecule has 0 aromatic heterocycles. The quantitative estimate of drug-likeness (QED) is 0.628. The normalized spacial score (nSPS) is 16.0. The van der Waals surface area contributed by atoms with Crippen molar-refractivity contribution in [2.45, 2.75) is 44.7 Å². The summed E-state index contributed by atoms with van der Waals surface area (Å²) in [5.74, 6) is -0.205. The fourth-order valence-electron chi connectivity index (χ4n) is 3.23. The molecule has 0 saturated heterocycles. The molecule has 1 fully saturated rings. The number of benzene rings is 1. The Balaban J connectivity index is 0.00000312. The molecule has 0 heterocycles. The Morgan fingerprint density at radius 2 is 1.65 bits per heavy atom. The number of hydrogen-bond donors (Lipinski definition) is 3. The highest BCUT2D eigenvalue weighted by molar-refractivity contribution is 5.94. The molecule has 0 atom stereocenters. The number of nitrogens with two attached hydrogens (primary N) is 1. The minimum Gasteiger partial charge on any atom is -0.375 e. The number of hydrogen-bond acceptors (Lipinski definition) is 3. The van der Waals surface area contributed by atoms with Crippen LogP contribution in [0.15, 0.2) is 24.3 Å². The van der Waals surface area contributed by atoms with Crippen molar-refractivity contribution in [3.8, 4) is 0 Å². The van der Waals surface area contributed by atoms with Gasteiger partial charge in [-0.2, -0.15) is 13.2 Å². The molecule has 4 nitrogen and oxygen atoms in total. The van der Waals surface area contributed by atoms with Gasteiger partial charge in [-0.25, -0.2) is 0 Å². The van der Waals surface area contributed by atoms with Gasteiger partial charge in [0.2, 0.25) is 5.91 Å². The summed E-state index contributed by atoms with van der Waals surface area (Å²) >= 11 is 0. The van der Waals surface area contributed by atoms with Gasteiger partial charge in [0.15, 0.2) is 0 Å². The smallest absolute Gasteiger partial charge is 0.375 e. The van der Waals surface area contributed by atoms with Crippen LogP contribution in [0.1, 0.15) is 38.5 Å². The third-order valence-electron chi connectivity index (χ3n) is 4.56. The Kier molecular flexibility index (Phi) is 10.4. The zero-order valence-corrected chi connectivity index (χ0v) is 16.0. The average Bonchev–Trinajstić information content (AvgIpc) is 2.54. The number of alkyl halides is 3. The van der Waals surface area contributed by atoms with Gasteiger partial charge in [-0.15, -0.1) is 24.8 Å². The van der Waals surface area contributed by atoms with Gasteiger partial charge in [-0.05, 0) is 36.9 Å². The van der Waals surface area contributed by atoms with Crippen molar-refractivity contribution in [2.75, 3.05) is 23.7 Å². The van der Waals surface area contributed by atoms with Crippen LogP contribution in [0.4, 0.5) is 24.5 Å². The van der Waals surface area contributed by atoms with Crippen molar-refractivity contribution in [2.24, 2.45) is 11.1 Å². The fraction of sp³-hybridized carbons (Fsp3) is 0.588. The maximum Gasteiger partial charge on any atom is 0.405 e. The third kappa shape index (κ3) is 7.60. The number of anilines is 2. The molecule has 1 aliphatic carbocycles. The Morgan fingerprint density at radius 1 is 1.08 bits per heavy atom. The molecular formula is C17H26Cl2F3N3O. The molecular weight excluding hydrogens is 390 g/mol. The first kappa shape index (κ1) is 24.8. The second-order valence-corrected chi connectivity index (χ2v) is 6.50. The first-order valence-electron chi connectivity index (χ1n) is 8.23. The fourth-order valence-corrected chi connectivity index (χ4v) is 3.23. The number of rotatable bonds is 6. The van der Waals surface area contributed by atoms with Gasteiger partial charge in [-0.1, -0.05) is 31.4 Å². The van der Waals surface area contributed by atoms with E-state index in [1.165, 1.54) is 6.07 Å². The molecule has 2 rings (SSSR count). The lowest BCUT2D eigenvalue weighted by atomic mass is 9.71. The van der Waals surface area contributed by atoms with Crippen molar-refractivity contribution < 1.29 is 18.0 Å². The van der Waals surface area contributed by atoms with Crippen LogP contribution in [0.25, 0.3) is 0 Å². The molecule has 0 radical (unpaired) electrons. The Labute approximate surface area is 164 Å². The standard InChI is InChI=1S/C17H24F3N3O.2ClH/c18-17(19,20)12-22-13-6-2-3-7-14(13)23-15(24)10-16(11-21)8-4-1-5-9-16;;/h2-3,6-7,22H,1,4-5,8-12,21H2,(H,23,24);2*1H. The molecule has 1 aromatic rings. The number of amides is 1. The molecule has 9 heteroatoms. The van der Waals surface area contributed by atoms with Crippen LogP contribution in [-0.2, 0) is 4.79 Å². The van der Waals surface area contributed by atoms with Crippen LogP contribution in [-0.4, -0.2) is 25.2 Å². The maximum absolute atomic E-state index is 12.4. The van der Waals surface area contributed by atoms with Crippen LogP contribution in [0.5, 0.6) is 0 Å². The molecule has 150 valence electrons. The SMILES string of the molecule is Cl.Cl.NCC1(CC(=O)Nc2ccccc2NCC(F)(F)F)CCCCC1. The summed E-state index contributed by atoms with van der Waals surface area (Å²) in [6.45, 7) is -0.693. The number of carbonyl (C=O) groups excluding carboxylic acids is 1. The molecule has 0 spiro atoms.